The highest BCUT2D eigenvalue weighted by molar-refractivity contribution is 6.32. The summed E-state index contributed by atoms with van der Waals surface area (Å²) in [5, 5.41) is 7.35. The van der Waals surface area contributed by atoms with Crippen LogP contribution in [0, 0.1) is 13.8 Å². The Balaban J connectivity index is 2.05. The number of benzene rings is 1. The molecule has 2 aromatic rings. The van der Waals surface area contributed by atoms with Gasteiger partial charge in [0.15, 0.2) is 6.61 Å². The van der Waals surface area contributed by atoms with Gasteiger partial charge >= 0.3 is 5.97 Å². The van der Waals surface area contributed by atoms with E-state index in [1.54, 1.807) is 11.6 Å². The van der Waals surface area contributed by atoms with E-state index in [2.05, 4.69) is 10.4 Å². The molecule has 1 aromatic carbocycles. The van der Waals surface area contributed by atoms with E-state index in [9.17, 15) is 9.59 Å². The van der Waals surface area contributed by atoms with Crippen LogP contribution in [0.5, 0.6) is 0 Å². The molecule has 0 unspecified atom stereocenters. The second-order valence-electron chi connectivity index (χ2n) is 7.26. The van der Waals surface area contributed by atoms with Crippen molar-refractivity contribution in [1.82, 2.24) is 15.1 Å². The van der Waals surface area contributed by atoms with Crippen LogP contribution in [-0.4, -0.2) is 33.8 Å². The van der Waals surface area contributed by atoms with E-state index in [1.807, 2.05) is 52.0 Å². The fourth-order valence-electron chi connectivity index (χ4n) is 2.46. The number of hydrogen-bond acceptors (Lipinski definition) is 4. The summed E-state index contributed by atoms with van der Waals surface area (Å²) in [6.07, 6.45) is 0.767. The molecule has 0 aliphatic carbocycles. The third-order valence-corrected chi connectivity index (χ3v) is 4.80. The van der Waals surface area contributed by atoms with Gasteiger partial charge in [0.25, 0.3) is 5.91 Å². The van der Waals surface area contributed by atoms with E-state index in [-0.39, 0.29) is 28.8 Å². The Bertz CT molecular complexity index is 826. The summed E-state index contributed by atoms with van der Waals surface area (Å²) in [6.45, 7) is 9.57. The van der Waals surface area contributed by atoms with Gasteiger partial charge in [0.05, 0.1) is 12.2 Å². The minimum Gasteiger partial charge on any atom is -0.452 e. The van der Waals surface area contributed by atoms with Crippen LogP contribution in [0.3, 0.4) is 0 Å². The molecule has 0 bridgehead atoms. The van der Waals surface area contributed by atoms with Gasteiger partial charge in [-0.1, -0.05) is 48.4 Å². The fourth-order valence-corrected chi connectivity index (χ4v) is 2.77. The van der Waals surface area contributed by atoms with Crippen molar-refractivity contribution in [3.05, 3.63) is 51.8 Å². The highest BCUT2D eigenvalue weighted by atomic mass is 35.5. The Hall–Kier alpha value is -2.34. The van der Waals surface area contributed by atoms with Gasteiger partial charge in [-0.15, -0.1) is 0 Å². The van der Waals surface area contributed by atoms with Crippen molar-refractivity contribution >= 4 is 23.5 Å². The monoisotopic (exact) mass is 391 g/mol. The topological polar surface area (TPSA) is 73.2 Å². The maximum Gasteiger partial charge on any atom is 0.343 e. The summed E-state index contributed by atoms with van der Waals surface area (Å²) in [7, 11) is 0. The van der Waals surface area contributed by atoms with E-state index in [0.717, 1.165) is 17.5 Å². The van der Waals surface area contributed by atoms with Crippen molar-refractivity contribution < 1.29 is 14.3 Å². The molecular weight excluding hydrogens is 366 g/mol. The summed E-state index contributed by atoms with van der Waals surface area (Å²) in [5.41, 5.74) is 2.48. The van der Waals surface area contributed by atoms with Gasteiger partial charge in [-0.2, -0.15) is 5.10 Å². The molecule has 1 aromatic heterocycles. The van der Waals surface area contributed by atoms with E-state index >= 15 is 0 Å². The van der Waals surface area contributed by atoms with E-state index in [4.69, 9.17) is 16.3 Å². The zero-order valence-corrected chi connectivity index (χ0v) is 17.2. The van der Waals surface area contributed by atoms with E-state index in [1.165, 1.54) is 0 Å². The maximum absolute atomic E-state index is 12.4. The lowest BCUT2D eigenvalue weighted by Crippen LogP contribution is -2.44. The Labute approximate surface area is 164 Å². The number of hydrogen-bond donors (Lipinski definition) is 1. The van der Waals surface area contributed by atoms with Crippen LogP contribution in [-0.2, 0) is 16.1 Å². The normalized spacial score (nSPS) is 11.3. The van der Waals surface area contributed by atoms with Crippen LogP contribution in [0.25, 0.3) is 0 Å². The van der Waals surface area contributed by atoms with Crippen LogP contribution in [0.4, 0.5) is 0 Å². The predicted molar refractivity (Wildman–Crippen MR) is 105 cm³/mol. The van der Waals surface area contributed by atoms with Gasteiger partial charge in [-0.05, 0) is 39.7 Å². The molecule has 1 amide bonds. The number of ether oxygens (including phenoxy) is 1. The molecule has 6 nitrogen and oxygen atoms in total. The van der Waals surface area contributed by atoms with Crippen LogP contribution < -0.4 is 5.32 Å². The fraction of sp³-hybridized carbons (Fsp3) is 0.450. The summed E-state index contributed by atoms with van der Waals surface area (Å²) in [5.74, 6) is -1.01. The van der Waals surface area contributed by atoms with Gasteiger partial charge < -0.3 is 10.1 Å². The molecule has 0 saturated carbocycles. The Morgan fingerprint density at radius 1 is 1.22 bits per heavy atom. The van der Waals surface area contributed by atoms with Gasteiger partial charge in [0.1, 0.15) is 10.7 Å². The van der Waals surface area contributed by atoms with E-state index < -0.39 is 5.97 Å². The van der Waals surface area contributed by atoms with Gasteiger partial charge in [-0.3, -0.25) is 4.79 Å². The first kappa shape index (κ1) is 21.0. The number of nitrogens with zero attached hydrogens (tertiary/aromatic N) is 2. The summed E-state index contributed by atoms with van der Waals surface area (Å²) >= 11 is 6.35. The number of halogens is 1. The number of carbonyl (C=O) groups excluding carboxylic acids is 2. The smallest absolute Gasteiger partial charge is 0.343 e. The van der Waals surface area contributed by atoms with Crippen LogP contribution in [0.15, 0.2) is 24.3 Å². The molecule has 0 aliphatic heterocycles. The first-order valence-electron chi connectivity index (χ1n) is 8.89. The quantitative estimate of drug-likeness (QED) is 0.731. The van der Waals surface area contributed by atoms with Gasteiger partial charge in [-0.25, -0.2) is 9.48 Å². The largest absolute Gasteiger partial charge is 0.452 e. The van der Waals surface area contributed by atoms with Crippen LogP contribution in [0.1, 0.15) is 54.4 Å². The maximum atomic E-state index is 12.4. The molecule has 1 heterocycles. The molecule has 2 rings (SSSR count). The molecule has 0 radical (unpaired) electrons. The highest BCUT2D eigenvalue weighted by Crippen LogP contribution is 2.22. The number of carbonyl (C=O) groups is 2. The lowest BCUT2D eigenvalue weighted by Gasteiger charge is -2.24. The molecule has 146 valence electrons. The Kier molecular flexibility index (Phi) is 6.65. The van der Waals surface area contributed by atoms with E-state index in [0.29, 0.717) is 12.2 Å². The lowest BCUT2D eigenvalue weighted by atomic mass is 10.0. The van der Waals surface area contributed by atoms with Gasteiger partial charge in [0, 0.05) is 5.54 Å². The summed E-state index contributed by atoms with van der Waals surface area (Å²) in [6, 6.07) is 7.98. The Morgan fingerprint density at radius 3 is 2.44 bits per heavy atom. The van der Waals surface area contributed by atoms with Crippen molar-refractivity contribution in [3.8, 4) is 0 Å². The number of aryl methyl sites for hydroxylation is 2. The third-order valence-electron chi connectivity index (χ3n) is 4.42. The summed E-state index contributed by atoms with van der Waals surface area (Å²) in [4.78, 5) is 24.4. The lowest BCUT2D eigenvalue weighted by molar-refractivity contribution is -0.125. The first-order valence-corrected chi connectivity index (χ1v) is 9.27. The average Bonchev–Trinajstić information content (AvgIpc) is 2.88. The molecule has 1 N–H and O–H groups in total. The minimum atomic E-state index is -0.655. The SMILES string of the molecule is CCC(C)(C)NC(=O)COC(=O)c1c(C)nn(Cc2ccc(C)cc2)c1Cl. The standard InChI is InChI=1S/C20H26ClN3O3/c1-6-20(4,5)22-16(25)12-27-19(26)17-14(3)23-24(18(17)21)11-15-9-7-13(2)8-10-15/h7-10H,6,11-12H2,1-5H3,(H,22,25). The molecular formula is C20H26ClN3O3. The number of aromatic nitrogens is 2. The second kappa shape index (κ2) is 8.57. The zero-order valence-electron chi connectivity index (χ0n) is 16.4. The van der Waals surface area contributed by atoms with Crippen molar-refractivity contribution in [1.29, 1.82) is 0 Å². The molecule has 7 heteroatoms. The van der Waals surface area contributed by atoms with Crippen molar-refractivity contribution in [2.75, 3.05) is 6.61 Å². The highest BCUT2D eigenvalue weighted by Gasteiger charge is 2.24. The molecule has 27 heavy (non-hydrogen) atoms. The van der Waals surface area contributed by atoms with Crippen molar-refractivity contribution in [2.24, 2.45) is 0 Å². The zero-order chi connectivity index (χ0) is 20.2. The van der Waals surface area contributed by atoms with Crippen LogP contribution >= 0.6 is 11.6 Å². The number of esters is 1. The predicted octanol–water partition coefficient (Wildman–Crippen LogP) is 3.66. The molecule has 0 fully saturated rings. The first-order chi connectivity index (χ1) is 12.6. The number of nitrogens with one attached hydrogen (secondary N) is 1. The molecule has 0 atom stereocenters. The Morgan fingerprint density at radius 2 is 1.85 bits per heavy atom. The third kappa shape index (κ3) is 5.57. The van der Waals surface area contributed by atoms with Crippen molar-refractivity contribution in [3.63, 3.8) is 0 Å². The molecule has 0 aliphatic rings. The number of rotatable bonds is 7. The van der Waals surface area contributed by atoms with Crippen LogP contribution in [0.2, 0.25) is 5.15 Å². The van der Waals surface area contributed by atoms with Gasteiger partial charge in [0.2, 0.25) is 0 Å². The second-order valence-corrected chi connectivity index (χ2v) is 7.61. The number of amides is 1. The van der Waals surface area contributed by atoms with Crippen molar-refractivity contribution in [2.45, 2.75) is 53.1 Å². The summed E-state index contributed by atoms with van der Waals surface area (Å²) < 4.78 is 6.69. The minimum absolute atomic E-state index is 0.186. The average molecular weight is 392 g/mol. The molecule has 0 saturated heterocycles. The molecule has 0 spiro atoms.